The molecular formula is C25H30N4O4. The van der Waals surface area contributed by atoms with E-state index in [9.17, 15) is 9.59 Å². The topological polar surface area (TPSA) is 105 Å². The number of fused-ring (bicyclic) bond motifs is 1. The predicted molar refractivity (Wildman–Crippen MR) is 125 cm³/mol. The Kier molecular flexibility index (Phi) is 7.12. The minimum absolute atomic E-state index is 0.247. The van der Waals surface area contributed by atoms with Crippen molar-refractivity contribution in [3.05, 3.63) is 59.9 Å². The highest BCUT2D eigenvalue weighted by Crippen LogP contribution is 2.26. The summed E-state index contributed by atoms with van der Waals surface area (Å²) in [6, 6.07) is 14.6. The van der Waals surface area contributed by atoms with Crippen molar-refractivity contribution in [2.24, 2.45) is 5.92 Å². The van der Waals surface area contributed by atoms with Crippen LogP contribution in [0.25, 0.3) is 11.0 Å². The number of amides is 2. The van der Waals surface area contributed by atoms with Crippen molar-refractivity contribution >= 4 is 23.0 Å². The number of hydrogen-bond acceptors (Lipinski definition) is 5. The molecule has 0 spiro atoms. The minimum Gasteiger partial charge on any atom is -0.497 e. The Morgan fingerprint density at radius 1 is 1.09 bits per heavy atom. The predicted octanol–water partition coefficient (Wildman–Crippen LogP) is 3.89. The fourth-order valence-electron chi connectivity index (χ4n) is 4.46. The van der Waals surface area contributed by atoms with Gasteiger partial charge in [-0.05, 0) is 49.1 Å². The lowest BCUT2D eigenvalue weighted by molar-refractivity contribution is -0.147. The SMILES string of the molecule is COC(=O)[C@@H]1CCCC[C@H]1NC(=O)N[C@H](Cc1ccc(OC)cc1)c1nc2ccccc2[nH]1. The maximum atomic E-state index is 13.0. The standard InChI is InChI=1S/C25H30N4O4/c1-32-17-13-11-16(12-14-17)15-22(23-26-20-9-5-6-10-21(20)27-23)29-25(31)28-19-8-4-3-7-18(19)24(30)33-2/h5-6,9-14,18-19,22H,3-4,7-8,15H2,1-2H3,(H,26,27)(H2,28,29,31)/t18-,19-,22-/m1/s1. The van der Waals surface area contributed by atoms with Gasteiger partial charge < -0.3 is 25.1 Å². The number of aromatic amines is 1. The number of rotatable bonds is 7. The first-order chi connectivity index (χ1) is 16.1. The maximum absolute atomic E-state index is 13.0. The Bertz CT molecular complexity index is 1060. The van der Waals surface area contributed by atoms with Gasteiger partial charge in [0.2, 0.25) is 0 Å². The highest BCUT2D eigenvalue weighted by molar-refractivity contribution is 5.78. The van der Waals surface area contributed by atoms with E-state index in [4.69, 9.17) is 14.5 Å². The third kappa shape index (κ3) is 5.45. The first-order valence-electron chi connectivity index (χ1n) is 11.3. The summed E-state index contributed by atoms with van der Waals surface area (Å²) in [4.78, 5) is 33.2. The molecule has 8 nitrogen and oxygen atoms in total. The number of ether oxygens (including phenoxy) is 2. The molecular weight excluding hydrogens is 420 g/mol. The molecule has 2 amide bonds. The van der Waals surface area contributed by atoms with Gasteiger partial charge in [0.15, 0.2) is 0 Å². The molecule has 0 bridgehead atoms. The first-order valence-corrected chi connectivity index (χ1v) is 11.3. The molecule has 1 aliphatic rings. The number of benzene rings is 2. The molecule has 0 saturated heterocycles. The second-order valence-electron chi connectivity index (χ2n) is 8.38. The van der Waals surface area contributed by atoms with E-state index in [0.29, 0.717) is 12.2 Å². The number of carbonyl (C=O) groups excluding carboxylic acids is 2. The van der Waals surface area contributed by atoms with Gasteiger partial charge in [0.1, 0.15) is 11.6 Å². The van der Waals surface area contributed by atoms with E-state index in [1.807, 2.05) is 48.5 Å². The molecule has 1 fully saturated rings. The summed E-state index contributed by atoms with van der Waals surface area (Å²) in [6.45, 7) is 0. The summed E-state index contributed by atoms with van der Waals surface area (Å²) in [6.07, 6.45) is 3.94. The van der Waals surface area contributed by atoms with Crippen LogP contribution < -0.4 is 15.4 Å². The fraction of sp³-hybridized carbons (Fsp3) is 0.400. The summed E-state index contributed by atoms with van der Waals surface area (Å²) < 4.78 is 10.2. The van der Waals surface area contributed by atoms with Crippen LogP contribution in [0.4, 0.5) is 4.79 Å². The number of hydrogen-bond donors (Lipinski definition) is 3. The maximum Gasteiger partial charge on any atom is 0.315 e. The Morgan fingerprint density at radius 2 is 1.85 bits per heavy atom. The van der Waals surface area contributed by atoms with Crippen molar-refractivity contribution in [1.82, 2.24) is 20.6 Å². The molecule has 1 saturated carbocycles. The van der Waals surface area contributed by atoms with Crippen LogP contribution in [0.2, 0.25) is 0 Å². The molecule has 33 heavy (non-hydrogen) atoms. The van der Waals surface area contributed by atoms with Crippen molar-refractivity contribution in [3.8, 4) is 5.75 Å². The smallest absolute Gasteiger partial charge is 0.315 e. The molecule has 8 heteroatoms. The van der Waals surface area contributed by atoms with Gasteiger partial charge in [-0.3, -0.25) is 4.79 Å². The molecule has 1 aromatic heterocycles. The van der Waals surface area contributed by atoms with E-state index in [2.05, 4.69) is 15.6 Å². The molecule has 0 unspecified atom stereocenters. The highest BCUT2D eigenvalue weighted by atomic mass is 16.5. The number of urea groups is 1. The lowest BCUT2D eigenvalue weighted by Gasteiger charge is -2.30. The minimum atomic E-state index is -0.383. The van der Waals surface area contributed by atoms with Gasteiger partial charge in [-0.15, -0.1) is 0 Å². The number of H-pyrrole nitrogens is 1. The molecule has 4 rings (SSSR count). The first kappa shape index (κ1) is 22.6. The zero-order valence-corrected chi connectivity index (χ0v) is 19.0. The van der Waals surface area contributed by atoms with Gasteiger partial charge in [-0.2, -0.15) is 0 Å². The largest absolute Gasteiger partial charge is 0.497 e. The average molecular weight is 451 g/mol. The summed E-state index contributed by atoms with van der Waals surface area (Å²) in [5, 5.41) is 6.08. The summed E-state index contributed by atoms with van der Waals surface area (Å²) in [7, 11) is 3.02. The quantitative estimate of drug-likeness (QED) is 0.474. The number of imidazole rings is 1. The summed E-state index contributed by atoms with van der Waals surface area (Å²) in [5.74, 6) is 0.860. The number of carbonyl (C=O) groups is 2. The third-order valence-electron chi connectivity index (χ3n) is 6.23. The van der Waals surface area contributed by atoms with Gasteiger partial charge in [0.05, 0.1) is 37.2 Å². The van der Waals surface area contributed by atoms with Crippen LogP contribution in [0, 0.1) is 5.92 Å². The molecule has 3 aromatic rings. The van der Waals surface area contributed by atoms with Crippen LogP contribution in [0.15, 0.2) is 48.5 Å². The molecule has 3 N–H and O–H groups in total. The molecule has 0 radical (unpaired) electrons. The van der Waals surface area contributed by atoms with Gasteiger partial charge >= 0.3 is 12.0 Å². The van der Waals surface area contributed by atoms with E-state index >= 15 is 0 Å². The number of aromatic nitrogens is 2. The van der Waals surface area contributed by atoms with Crippen molar-refractivity contribution in [1.29, 1.82) is 0 Å². The van der Waals surface area contributed by atoms with Gasteiger partial charge in [-0.1, -0.05) is 37.1 Å². The van der Waals surface area contributed by atoms with E-state index in [1.165, 1.54) is 7.11 Å². The number of para-hydroxylation sites is 2. The monoisotopic (exact) mass is 450 g/mol. The molecule has 1 heterocycles. The van der Waals surface area contributed by atoms with Crippen LogP contribution >= 0.6 is 0 Å². The van der Waals surface area contributed by atoms with Gasteiger partial charge in [0.25, 0.3) is 0 Å². The molecule has 1 aliphatic carbocycles. The van der Waals surface area contributed by atoms with Crippen molar-refractivity contribution in [2.75, 3.05) is 14.2 Å². The second-order valence-corrected chi connectivity index (χ2v) is 8.38. The zero-order valence-electron chi connectivity index (χ0n) is 19.0. The number of esters is 1. The van der Waals surface area contributed by atoms with E-state index in [1.54, 1.807) is 7.11 Å². The van der Waals surface area contributed by atoms with Crippen LogP contribution in [0.1, 0.15) is 43.1 Å². The molecule has 3 atom stereocenters. The second kappa shape index (κ2) is 10.4. The van der Waals surface area contributed by atoms with Crippen LogP contribution in [-0.4, -0.2) is 42.2 Å². The normalized spacial score (nSPS) is 19.0. The lowest BCUT2D eigenvalue weighted by atomic mass is 9.84. The van der Waals surface area contributed by atoms with Crippen molar-refractivity contribution in [2.45, 2.75) is 44.2 Å². The Morgan fingerprint density at radius 3 is 2.58 bits per heavy atom. The number of nitrogens with zero attached hydrogens (tertiary/aromatic N) is 1. The zero-order chi connectivity index (χ0) is 23.2. The number of nitrogens with one attached hydrogen (secondary N) is 3. The Hall–Kier alpha value is -3.55. The lowest BCUT2D eigenvalue weighted by Crippen LogP contribution is -2.50. The third-order valence-corrected chi connectivity index (χ3v) is 6.23. The molecule has 2 aromatic carbocycles. The molecule has 0 aliphatic heterocycles. The van der Waals surface area contributed by atoms with Crippen LogP contribution in [-0.2, 0) is 16.0 Å². The van der Waals surface area contributed by atoms with Crippen LogP contribution in [0.3, 0.4) is 0 Å². The Labute approximate surface area is 193 Å². The van der Waals surface area contributed by atoms with E-state index in [-0.39, 0.29) is 30.0 Å². The van der Waals surface area contributed by atoms with E-state index in [0.717, 1.165) is 48.0 Å². The van der Waals surface area contributed by atoms with Crippen molar-refractivity contribution < 1.29 is 19.1 Å². The summed E-state index contributed by atoms with van der Waals surface area (Å²) >= 11 is 0. The highest BCUT2D eigenvalue weighted by Gasteiger charge is 2.33. The Balaban J connectivity index is 1.53. The van der Waals surface area contributed by atoms with Crippen molar-refractivity contribution in [3.63, 3.8) is 0 Å². The van der Waals surface area contributed by atoms with E-state index < -0.39 is 0 Å². The van der Waals surface area contributed by atoms with Crippen LogP contribution in [0.5, 0.6) is 5.75 Å². The summed E-state index contributed by atoms with van der Waals surface area (Å²) in [5.41, 5.74) is 2.78. The van der Waals surface area contributed by atoms with Gasteiger partial charge in [-0.25, -0.2) is 9.78 Å². The molecule has 174 valence electrons. The van der Waals surface area contributed by atoms with Gasteiger partial charge in [0, 0.05) is 6.04 Å². The fourth-order valence-corrected chi connectivity index (χ4v) is 4.46. The number of methoxy groups -OCH3 is 2. The average Bonchev–Trinajstić information content (AvgIpc) is 3.28.